The first-order valence-corrected chi connectivity index (χ1v) is 12.5. The first kappa shape index (κ1) is 29.5. The summed E-state index contributed by atoms with van der Waals surface area (Å²) in [6.45, 7) is 15.4. The highest BCUT2D eigenvalue weighted by Crippen LogP contribution is 2.28. The Balaban J connectivity index is 3.26. The molecule has 2 N–H and O–H groups in total. The summed E-state index contributed by atoms with van der Waals surface area (Å²) in [4.78, 5) is 40.7. The van der Waals surface area contributed by atoms with Crippen LogP contribution in [0.3, 0.4) is 0 Å². The molecular weight excluding hydrogens is 430 g/mol. The van der Waals surface area contributed by atoms with Gasteiger partial charge in [-0.05, 0) is 71.6 Å². The van der Waals surface area contributed by atoms with Crippen LogP contribution in [0.2, 0.25) is 0 Å². The topological polar surface area (TPSA) is 87.7 Å². The molecule has 1 unspecified atom stereocenters. The van der Waals surface area contributed by atoms with Gasteiger partial charge in [0.05, 0.1) is 0 Å². The zero-order chi connectivity index (χ0) is 25.9. The van der Waals surface area contributed by atoms with Crippen molar-refractivity contribution in [2.24, 2.45) is 0 Å². The third-order valence-electron chi connectivity index (χ3n) is 5.41. The van der Waals surface area contributed by atoms with Crippen LogP contribution in [0.25, 0.3) is 0 Å². The molecule has 0 fully saturated rings. The van der Waals surface area contributed by atoms with Gasteiger partial charge in [-0.15, -0.1) is 0 Å². The summed E-state index contributed by atoms with van der Waals surface area (Å²) in [6, 6.07) is 5.03. The molecule has 7 heteroatoms. The Morgan fingerprint density at radius 1 is 1.00 bits per heavy atom. The first-order chi connectivity index (χ1) is 15.9. The Bertz CT molecular complexity index is 794. The first-order valence-electron chi connectivity index (χ1n) is 12.5. The predicted octanol–water partition coefficient (Wildman–Crippen LogP) is 5.19. The molecule has 0 aromatic heterocycles. The van der Waals surface area contributed by atoms with Crippen LogP contribution in [0.1, 0.15) is 96.4 Å². The molecule has 1 rings (SSSR count). The maximum absolute atomic E-state index is 13.4. The van der Waals surface area contributed by atoms with Crippen LogP contribution in [-0.4, -0.2) is 47.5 Å². The maximum Gasteiger partial charge on any atom is 0.408 e. The van der Waals surface area contributed by atoms with E-state index >= 15 is 0 Å². The van der Waals surface area contributed by atoms with Crippen LogP contribution in [0.15, 0.2) is 18.2 Å². The van der Waals surface area contributed by atoms with Crippen molar-refractivity contribution >= 4 is 17.9 Å². The number of aryl methyl sites for hydroxylation is 2. The lowest BCUT2D eigenvalue weighted by atomic mass is 9.93. The molecule has 0 aliphatic carbocycles. The van der Waals surface area contributed by atoms with Crippen molar-refractivity contribution in [2.45, 2.75) is 105 Å². The lowest BCUT2D eigenvalue weighted by Gasteiger charge is -2.34. The van der Waals surface area contributed by atoms with Crippen molar-refractivity contribution in [3.8, 4) is 0 Å². The maximum atomic E-state index is 13.4. The lowest BCUT2D eigenvalue weighted by Crippen LogP contribution is -2.49. The van der Waals surface area contributed by atoms with Gasteiger partial charge < -0.3 is 20.3 Å². The number of alkyl carbamates (subject to hydrolysis) is 1. The quantitative estimate of drug-likeness (QED) is 0.407. The summed E-state index contributed by atoms with van der Waals surface area (Å²) in [7, 11) is 0. The van der Waals surface area contributed by atoms with E-state index in [0.29, 0.717) is 6.54 Å². The normalized spacial score (nSPS) is 12.3. The Labute approximate surface area is 206 Å². The molecule has 192 valence electrons. The van der Waals surface area contributed by atoms with Gasteiger partial charge in [-0.25, -0.2) is 4.79 Å². The molecule has 34 heavy (non-hydrogen) atoms. The van der Waals surface area contributed by atoms with Crippen LogP contribution in [-0.2, 0) is 14.3 Å². The van der Waals surface area contributed by atoms with Gasteiger partial charge in [0.2, 0.25) is 11.8 Å². The summed E-state index contributed by atoms with van der Waals surface area (Å²) >= 11 is 0. The summed E-state index contributed by atoms with van der Waals surface area (Å²) in [6.07, 6.45) is 4.46. The number of nitrogens with one attached hydrogen (secondary N) is 2. The van der Waals surface area contributed by atoms with Gasteiger partial charge in [-0.2, -0.15) is 0 Å². The van der Waals surface area contributed by atoms with Crippen molar-refractivity contribution in [1.82, 2.24) is 15.5 Å². The molecule has 3 amide bonds. The summed E-state index contributed by atoms with van der Waals surface area (Å²) < 4.78 is 5.28. The smallest absolute Gasteiger partial charge is 0.408 e. The van der Waals surface area contributed by atoms with E-state index in [-0.39, 0.29) is 24.4 Å². The van der Waals surface area contributed by atoms with Crippen molar-refractivity contribution in [2.75, 3.05) is 13.1 Å². The van der Waals surface area contributed by atoms with E-state index in [9.17, 15) is 14.4 Å². The lowest BCUT2D eigenvalue weighted by molar-refractivity contribution is -0.140. The van der Waals surface area contributed by atoms with Crippen LogP contribution in [0.4, 0.5) is 4.79 Å². The van der Waals surface area contributed by atoms with Crippen LogP contribution < -0.4 is 10.6 Å². The molecule has 0 radical (unpaired) electrons. The van der Waals surface area contributed by atoms with E-state index in [1.165, 1.54) is 0 Å². The number of amides is 3. The zero-order valence-electron chi connectivity index (χ0n) is 22.4. The molecule has 1 aromatic rings. The monoisotopic (exact) mass is 475 g/mol. The highest BCUT2D eigenvalue weighted by molar-refractivity contribution is 5.91. The van der Waals surface area contributed by atoms with Crippen molar-refractivity contribution in [3.63, 3.8) is 0 Å². The number of carbonyl (C=O) groups is 3. The molecule has 0 saturated carbocycles. The molecule has 7 nitrogen and oxygen atoms in total. The second-order valence-electron chi connectivity index (χ2n) is 10.2. The molecule has 1 atom stereocenters. The average Bonchev–Trinajstić information content (AvgIpc) is 2.70. The number of benzene rings is 1. The van der Waals surface area contributed by atoms with Crippen LogP contribution in [0, 0.1) is 13.8 Å². The van der Waals surface area contributed by atoms with Gasteiger partial charge in [0.15, 0.2) is 0 Å². The second-order valence-corrected chi connectivity index (χ2v) is 10.2. The third kappa shape index (κ3) is 10.1. The van der Waals surface area contributed by atoms with E-state index in [0.717, 1.165) is 48.8 Å². The molecular formula is C27H45N3O4. The van der Waals surface area contributed by atoms with Crippen molar-refractivity contribution < 1.29 is 19.1 Å². The number of rotatable bonds is 12. The second kappa shape index (κ2) is 14.0. The highest BCUT2D eigenvalue weighted by Gasteiger charge is 2.33. The Kier molecular flexibility index (Phi) is 12.1. The number of ether oxygens (including phenoxy) is 1. The molecule has 0 aliphatic rings. The summed E-state index contributed by atoms with van der Waals surface area (Å²) in [5.41, 5.74) is 2.07. The number of unbranched alkanes of at least 4 members (excludes halogenated alkanes) is 4. The fourth-order valence-electron chi connectivity index (χ4n) is 3.90. The number of nitrogens with zero attached hydrogens (tertiary/aromatic N) is 1. The molecule has 0 spiro atoms. The fourth-order valence-corrected chi connectivity index (χ4v) is 3.90. The van der Waals surface area contributed by atoms with E-state index in [1.807, 2.05) is 45.9 Å². The largest absolute Gasteiger partial charge is 0.444 e. The molecule has 0 bridgehead atoms. The minimum atomic E-state index is -0.775. The van der Waals surface area contributed by atoms with Crippen molar-refractivity contribution in [1.29, 1.82) is 0 Å². The van der Waals surface area contributed by atoms with Crippen molar-refractivity contribution in [3.05, 3.63) is 34.9 Å². The van der Waals surface area contributed by atoms with Gasteiger partial charge in [0.1, 0.15) is 18.2 Å². The Morgan fingerprint density at radius 2 is 1.59 bits per heavy atom. The Morgan fingerprint density at radius 3 is 2.12 bits per heavy atom. The van der Waals surface area contributed by atoms with Gasteiger partial charge >= 0.3 is 6.09 Å². The molecule has 1 aromatic carbocycles. The molecule has 0 saturated heterocycles. The zero-order valence-corrected chi connectivity index (χ0v) is 22.4. The van der Waals surface area contributed by atoms with Crippen LogP contribution in [0.5, 0.6) is 0 Å². The highest BCUT2D eigenvalue weighted by atomic mass is 16.6. The van der Waals surface area contributed by atoms with Gasteiger partial charge in [0, 0.05) is 12.6 Å². The van der Waals surface area contributed by atoms with E-state index in [1.54, 1.807) is 25.7 Å². The minimum absolute atomic E-state index is 0.0688. The van der Waals surface area contributed by atoms with Gasteiger partial charge in [0.25, 0.3) is 0 Å². The average molecular weight is 476 g/mol. The minimum Gasteiger partial charge on any atom is -0.444 e. The standard InChI is InChI=1S/C27H45N3O4/c1-9-10-11-12-13-17-30(22(31)18-28-26(33)34-27(6,7)8)24(25(32)29-19(2)3)23-20(4)15-14-16-21(23)5/h14-16,19,24H,9-13,17-18H2,1-8H3,(H,28,33)(H,29,32). The number of hydrogen-bond acceptors (Lipinski definition) is 4. The van der Waals surface area contributed by atoms with Crippen LogP contribution >= 0.6 is 0 Å². The third-order valence-corrected chi connectivity index (χ3v) is 5.41. The predicted molar refractivity (Wildman–Crippen MR) is 137 cm³/mol. The molecule has 0 aliphatic heterocycles. The summed E-state index contributed by atoms with van der Waals surface area (Å²) in [5.74, 6) is -0.528. The molecule has 0 heterocycles. The van der Waals surface area contributed by atoms with Gasteiger partial charge in [-0.1, -0.05) is 50.8 Å². The van der Waals surface area contributed by atoms with E-state index in [4.69, 9.17) is 4.74 Å². The number of hydrogen-bond donors (Lipinski definition) is 2. The van der Waals surface area contributed by atoms with E-state index < -0.39 is 17.7 Å². The fraction of sp³-hybridized carbons (Fsp3) is 0.667. The SMILES string of the molecule is CCCCCCCN(C(=O)CNC(=O)OC(C)(C)C)C(C(=O)NC(C)C)c1c(C)cccc1C. The Hall–Kier alpha value is -2.57. The van der Waals surface area contributed by atoms with E-state index in [2.05, 4.69) is 17.6 Å². The summed E-state index contributed by atoms with van der Waals surface area (Å²) in [5, 5.41) is 5.55. The van der Waals surface area contributed by atoms with Gasteiger partial charge in [-0.3, -0.25) is 9.59 Å². The number of carbonyl (C=O) groups excluding carboxylic acids is 3.